The predicted octanol–water partition coefficient (Wildman–Crippen LogP) is 2.69. The molecule has 3 rings (SSSR count). The fourth-order valence-electron chi connectivity index (χ4n) is 4.10. The van der Waals surface area contributed by atoms with Crippen LogP contribution in [-0.2, 0) is 10.2 Å². The molecular formula is C18H25N3O2. The molecular weight excluding hydrogens is 290 g/mol. The van der Waals surface area contributed by atoms with Crippen molar-refractivity contribution in [2.45, 2.75) is 44.6 Å². The first-order valence-electron chi connectivity index (χ1n) is 8.25. The van der Waals surface area contributed by atoms with Crippen molar-refractivity contribution in [3.05, 3.63) is 30.3 Å². The Bertz CT molecular complexity index is 707. The van der Waals surface area contributed by atoms with Crippen LogP contribution in [0.25, 0.3) is 11.0 Å². The maximum absolute atomic E-state index is 12.4. The lowest BCUT2D eigenvalue weighted by molar-refractivity contribution is -0.127. The van der Waals surface area contributed by atoms with Gasteiger partial charge in [0.2, 0.25) is 5.91 Å². The van der Waals surface area contributed by atoms with Crippen LogP contribution in [-0.4, -0.2) is 35.4 Å². The minimum atomic E-state index is -0.467. The van der Waals surface area contributed by atoms with Crippen LogP contribution < -0.4 is 5.73 Å². The number of amides is 1. The average Bonchev–Trinajstić information content (AvgIpc) is 2.97. The third-order valence-corrected chi connectivity index (χ3v) is 5.29. The van der Waals surface area contributed by atoms with Crippen molar-refractivity contribution in [3.63, 3.8) is 0 Å². The van der Waals surface area contributed by atoms with Crippen LogP contribution in [0.4, 0.5) is 0 Å². The third-order valence-electron chi connectivity index (χ3n) is 5.29. The molecule has 0 radical (unpaired) electrons. The largest absolute Gasteiger partial charge is 0.464 e. The Morgan fingerprint density at radius 2 is 2.22 bits per heavy atom. The molecule has 2 atom stereocenters. The Morgan fingerprint density at radius 1 is 1.43 bits per heavy atom. The number of hydrogen-bond donors (Lipinski definition) is 1. The monoisotopic (exact) mass is 315 g/mol. The smallest absolute Gasteiger partial charge is 0.223 e. The molecule has 0 aromatic carbocycles. The molecule has 0 spiro atoms. The highest BCUT2D eigenvalue weighted by molar-refractivity contribution is 5.84. The molecule has 5 nitrogen and oxygen atoms in total. The molecule has 0 aliphatic carbocycles. The van der Waals surface area contributed by atoms with E-state index in [2.05, 4.69) is 30.8 Å². The average molecular weight is 315 g/mol. The summed E-state index contributed by atoms with van der Waals surface area (Å²) in [5.74, 6) is -0.545. The summed E-state index contributed by atoms with van der Waals surface area (Å²) in [4.78, 5) is 19.2. The van der Waals surface area contributed by atoms with Gasteiger partial charge in [0.05, 0.1) is 17.9 Å². The Kier molecular flexibility index (Phi) is 4.15. The number of furan rings is 1. The zero-order valence-corrected chi connectivity index (χ0v) is 14.1. The van der Waals surface area contributed by atoms with Crippen LogP contribution in [0.1, 0.15) is 38.8 Å². The van der Waals surface area contributed by atoms with E-state index in [-0.39, 0.29) is 17.9 Å². The van der Waals surface area contributed by atoms with E-state index < -0.39 is 5.41 Å². The van der Waals surface area contributed by atoms with E-state index in [4.69, 9.17) is 10.2 Å². The van der Waals surface area contributed by atoms with E-state index in [1.807, 2.05) is 12.1 Å². The summed E-state index contributed by atoms with van der Waals surface area (Å²) in [6, 6.07) is 3.92. The molecule has 23 heavy (non-hydrogen) atoms. The van der Waals surface area contributed by atoms with Gasteiger partial charge in [-0.3, -0.25) is 9.78 Å². The van der Waals surface area contributed by atoms with Crippen LogP contribution in [0.3, 0.4) is 0 Å². The van der Waals surface area contributed by atoms with Crippen LogP contribution >= 0.6 is 0 Å². The molecule has 1 fully saturated rings. The second-order valence-electron chi connectivity index (χ2n) is 7.14. The molecule has 2 N–H and O–H groups in total. The number of carbonyl (C=O) groups is 1. The maximum Gasteiger partial charge on any atom is 0.223 e. The SMILES string of the molecule is CN1CCCCC1C(C(N)=O)C(C)(C)c1nccc2occc12. The lowest BCUT2D eigenvalue weighted by atomic mass is 9.69. The number of hydrogen-bond acceptors (Lipinski definition) is 4. The van der Waals surface area contributed by atoms with Gasteiger partial charge >= 0.3 is 0 Å². The van der Waals surface area contributed by atoms with Crippen molar-refractivity contribution in [1.29, 1.82) is 0 Å². The van der Waals surface area contributed by atoms with Gasteiger partial charge in [-0.25, -0.2) is 0 Å². The van der Waals surface area contributed by atoms with Crippen LogP contribution in [0.2, 0.25) is 0 Å². The van der Waals surface area contributed by atoms with Gasteiger partial charge in [-0.15, -0.1) is 0 Å². The summed E-state index contributed by atoms with van der Waals surface area (Å²) in [5.41, 5.74) is 7.06. The van der Waals surface area contributed by atoms with E-state index in [9.17, 15) is 4.79 Å². The summed E-state index contributed by atoms with van der Waals surface area (Å²) >= 11 is 0. The van der Waals surface area contributed by atoms with E-state index in [1.165, 1.54) is 6.42 Å². The minimum Gasteiger partial charge on any atom is -0.464 e. The molecule has 2 unspecified atom stereocenters. The van der Waals surface area contributed by atoms with E-state index in [0.717, 1.165) is 36.0 Å². The molecule has 0 bridgehead atoms. The Morgan fingerprint density at radius 3 is 2.91 bits per heavy atom. The first kappa shape index (κ1) is 16.0. The highest BCUT2D eigenvalue weighted by atomic mass is 16.3. The molecule has 124 valence electrons. The van der Waals surface area contributed by atoms with Gasteiger partial charge in [-0.05, 0) is 38.6 Å². The summed E-state index contributed by atoms with van der Waals surface area (Å²) < 4.78 is 5.49. The van der Waals surface area contributed by atoms with Gasteiger partial charge in [-0.2, -0.15) is 0 Å². The van der Waals surface area contributed by atoms with Gasteiger partial charge in [0.1, 0.15) is 5.58 Å². The van der Waals surface area contributed by atoms with Gasteiger partial charge in [0.15, 0.2) is 0 Å². The van der Waals surface area contributed by atoms with E-state index >= 15 is 0 Å². The van der Waals surface area contributed by atoms with Crippen molar-refractivity contribution in [2.24, 2.45) is 11.7 Å². The summed E-state index contributed by atoms with van der Waals surface area (Å²) in [6.45, 7) is 5.15. The Labute approximate surface area is 136 Å². The predicted molar refractivity (Wildman–Crippen MR) is 90.0 cm³/mol. The highest BCUT2D eigenvalue weighted by Crippen LogP contribution is 2.40. The molecule has 2 aromatic heterocycles. The Hall–Kier alpha value is -1.88. The van der Waals surface area contributed by atoms with Crippen molar-refractivity contribution in [1.82, 2.24) is 9.88 Å². The Balaban J connectivity index is 2.07. The summed E-state index contributed by atoms with van der Waals surface area (Å²) in [6.07, 6.45) is 6.71. The summed E-state index contributed by atoms with van der Waals surface area (Å²) in [7, 11) is 2.09. The first-order chi connectivity index (χ1) is 10.9. The van der Waals surface area contributed by atoms with Crippen molar-refractivity contribution >= 4 is 16.9 Å². The van der Waals surface area contributed by atoms with Crippen LogP contribution in [0.15, 0.2) is 29.0 Å². The molecule has 1 saturated heterocycles. The zero-order chi connectivity index (χ0) is 16.6. The number of nitrogens with zero attached hydrogens (tertiary/aromatic N) is 2. The fraction of sp³-hybridized carbons (Fsp3) is 0.556. The number of primary amides is 1. The molecule has 1 amide bonds. The van der Waals surface area contributed by atoms with Crippen LogP contribution in [0, 0.1) is 5.92 Å². The number of rotatable bonds is 4. The number of fused-ring (bicyclic) bond motifs is 1. The fourth-order valence-corrected chi connectivity index (χ4v) is 4.10. The van der Waals surface area contributed by atoms with Gasteiger partial charge in [0, 0.05) is 23.0 Å². The molecule has 1 aliphatic rings. The number of nitrogens with two attached hydrogens (primary N) is 1. The standard InChI is InChI=1S/C18H25N3O2/c1-18(2,16-12-8-11-23-14(12)7-9-20-16)15(17(19)22)13-6-4-5-10-21(13)3/h7-9,11,13,15H,4-6,10H2,1-3H3,(H2,19,22). The number of pyridine rings is 1. The maximum atomic E-state index is 12.4. The molecule has 5 heteroatoms. The lowest BCUT2D eigenvalue weighted by Crippen LogP contribution is -2.53. The third kappa shape index (κ3) is 2.74. The quantitative estimate of drug-likeness (QED) is 0.941. The van der Waals surface area contributed by atoms with Gasteiger partial charge < -0.3 is 15.1 Å². The van der Waals surface area contributed by atoms with E-state index in [1.54, 1.807) is 12.5 Å². The topological polar surface area (TPSA) is 72.4 Å². The highest BCUT2D eigenvalue weighted by Gasteiger charge is 2.44. The summed E-state index contributed by atoms with van der Waals surface area (Å²) in [5, 5.41) is 0.960. The number of aromatic nitrogens is 1. The number of carbonyl (C=O) groups excluding carboxylic acids is 1. The number of likely N-dealkylation sites (tertiary alicyclic amines) is 1. The normalized spacial score (nSPS) is 21.4. The minimum absolute atomic E-state index is 0.153. The zero-order valence-electron chi connectivity index (χ0n) is 14.1. The molecule has 0 saturated carbocycles. The molecule has 3 heterocycles. The van der Waals surface area contributed by atoms with Crippen molar-refractivity contribution in [3.8, 4) is 0 Å². The van der Waals surface area contributed by atoms with Gasteiger partial charge in [-0.1, -0.05) is 20.3 Å². The van der Waals surface area contributed by atoms with Crippen molar-refractivity contribution < 1.29 is 9.21 Å². The van der Waals surface area contributed by atoms with Crippen molar-refractivity contribution in [2.75, 3.05) is 13.6 Å². The first-order valence-corrected chi connectivity index (χ1v) is 8.25. The molecule has 1 aliphatic heterocycles. The lowest BCUT2D eigenvalue weighted by Gasteiger charge is -2.43. The van der Waals surface area contributed by atoms with Crippen LogP contribution in [0.5, 0.6) is 0 Å². The molecule has 2 aromatic rings. The van der Waals surface area contributed by atoms with Gasteiger partial charge in [0.25, 0.3) is 0 Å². The van der Waals surface area contributed by atoms with E-state index in [0.29, 0.717) is 0 Å². The number of piperidine rings is 1. The second-order valence-corrected chi connectivity index (χ2v) is 7.14. The second kappa shape index (κ2) is 5.96.